The average molecular weight is 302 g/mol. The van der Waals surface area contributed by atoms with E-state index in [1.807, 2.05) is 24.3 Å². The van der Waals surface area contributed by atoms with Crippen LogP contribution < -0.4 is 5.73 Å². The zero-order chi connectivity index (χ0) is 16.3. The van der Waals surface area contributed by atoms with E-state index in [1.165, 1.54) is 5.56 Å². The molecule has 1 aromatic carbocycles. The first-order valence-electron chi connectivity index (χ1n) is 7.93. The molecular formula is C18H26N2O2. The number of rotatable bonds is 4. The van der Waals surface area contributed by atoms with E-state index < -0.39 is 0 Å². The van der Waals surface area contributed by atoms with Gasteiger partial charge in [0.2, 0.25) is 5.91 Å². The van der Waals surface area contributed by atoms with E-state index in [-0.39, 0.29) is 23.0 Å². The monoisotopic (exact) mass is 302 g/mol. The molecular weight excluding hydrogens is 276 g/mol. The number of benzene rings is 1. The Morgan fingerprint density at radius 2 is 1.68 bits per heavy atom. The molecule has 0 radical (unpaired) electrons. The van der Waals surface area contributed by atoms with Crippen molar-refractivity contribution in [2.45, 2.75) is 39.0 Å². The van der Waals surface area contributed by atoms with Gasteiger partial charge in [0.25, 0.3) is 0 Å². The molecule has 0 atom stereocenters. The standard InChI is InChI=1S/C18H26N2O2/c1-18(2,3)15-6-4-13(5-7-15)16(21)12-20-10-8-14(9-11-20)17(19)22/h4-7,14H,8-12H2,1-3H3,(H2,19,22). The third kappa shape index (κ3) is 4.17. The van der Waals surface area contributed by atoms with Crippen LogP contribution in [0.5, 0.6) is 0 Å². The van der Waals surface area contributed by atoms with E-state index >= 15 is 0 Å². The molecule has 1 saturated heterocycles. The molecule has 1 fully saturated rings. The number of primary amides is 1. The SMILES string of the molecule is CC(C)(C)c1ccc(C(=O)CN2CCC(C(N)=O)CC2)cc1. The molecule has 1 aliphatic rings. The smallest absolute Gasteiger partial charge is 0.220 e. The van der Waals surface area contributed by atoms with Crippen molar-refractivity contribution in [3.05, 3.63) is 35.4 Å². The summed E-state index contributed by atoms with van der Waals surface area (Å²) in [7, 11) is 0. The second-order valence-electron chi connectivity index (χ2n) is 7.20. The molecule has 2 N–H and O–H groups in total. The Kier molecular flexibility index (Phi) is 5.01. The molecule has 2 rings (SSSR count). The van der Waals surface area contributed by atoms with Gasteiger partial charge in [0.1, 0.15) is 0 Å². The summed E-state index contributed by atoms with van der Waals surface area (Å²) >= 11 is 0. The number of carbonyl (C=O) groups excluding carboxylic acids is 2. The fraction of sp³-hybridized carbons (Fsp3) is 0.556. The molecule has 0 spiro atoms. The molecule has 22 heavy (non-hydrogen) atoms. The Bertz CT molecular complexity index is 535. The van der Waals surface area contributed by atoms with Gasteiger partial charge in [0.15, 0.2) is 5.78 Å². The lowest BCUT2D eigenvalue weighted by Gasteiger charge is -2.29. The van der Waals surface area contributed by atoms with Gasteiger partial charge in [-0.05, 0) is 36.9 Å². The number of ketones is 1. The van der Waals surface area contributed by atoms with E-state index in [4.69, 9.17) is 5.73 Å². The summed E-state index contributed by atoms with van der Waals surface area (Å²) in [6.45, 7) is 8.42. The molecule has 120 valence electrons. The Labute approximate surface area is 132 Å². The van der Waals surface area contributed by atoms with Crippen LogP contribution in [0.3, 0.4) is 0 Å². The van der Waals surface area contributed by atoms with Crippen molar-refractivity contribution in [3.63, 3.8) is 0 Å². The number of likely N-dealkylation sites (tertiary alicyclic amines) is 1. The third-order valence-electron chi connectivity index (χ3n) is 4.43. The summed E-state index contributed by atoms with van der Waals surface area (Å²) in [5, 5.41) is 0. The van der Waals surface area contributed by atoms with Crippen LogP contribution >= 0.6 is 0 Å². The van der Waals surface area contributed by atoms with Crippen molar-refractivity contribution in [1.82, 2.24) is 4.90 Å². The molecule has 1 aromatic rings. The predicted octanol–water partition coefficient (Wildman–Crippen LogP) is 2.36. The number of nitrogens with zero attached hydrogens (tertiary/aromatic N) is 1. The minimum Gasteiger partial charge on any atom is -0.369 e. The normalized spacial score (nSPS) is 17.4. The zero-order valence-electron chi connectivity index (χ0n) is 13.8. The Morgan fingerprint density at radius 1 is 1.14 bits per heavy atom. The summed E-state index contributed by atoms with van der Waals surface area (Å²) in [4.78, 5) is 25.6. The van der Waals surface area contributed by atoms with E-state index in [1.54, 1.807) is 0 Å². The highest BCUT2D eigenvalue weighted by molar-refractivity contribution is 5.97. The van der Waals surface area contributed by atoms with Crippen molar-refractivity contribution < 1.29 is 9.59 Å². The van der Waals surface area contributed by atoms with Crippen molar-refractivity contribution in [3.8, 4) is 0 Å². The molecule has 0 saturated carbocycles. The van der Waals surface area contributed by atoms with Crippen LogP contribution in [0.2, 0.25) is 0 Å². The van der Waals surface area contributed by atoms with Crippen LogP contribution in [0, 0.1) is 5.92 Å². The number of hydrogen-bond donors (Lipinski definition) is 1. The topological polar surface area (TPSA) is 63.4 Å². The number of hydrogen-bond acceptors (Lipinski definition) is 3. The second-order valence-corrected chi connectivity index (χ2v) is 7.20. The van der Waals surface area contributed by atoms with Gasteiger partial charge in [-0.3, -0.25) is 14.5 Å². The lowest BCUT2D eigenvalue weighted by Crippen LogP contribution is -2.40. The van der Waals surface area contributed by atoms with Gasteiger partial charge in [-0.2, -0.15) is 0 Å². The van der Waals surface area contributed by atoms with Gasteiger partial charge in [-0.25, -0.2) is 0 Å². The molecule has 0 bridgehead atoms. The summed E-state index contributed by atoms with van der Waals surface area (Å²) < 4.78 is 0. The van der Waals surface area contributed by atoms with E-state index in [2.05, 4.69) is 25.7 Å². The third-order valence-corrected chi connectivity index (χ3v) is 4.43. The molecule has 1 aliphatic heterocycles. The average Bonchev–Trinajstić information content (AvgIpc) is 2.47. The van der Waals surface area contributed by atoms with Gasteiger partial charge in [0.05, 0.1) is 6.54 Å². The largest absolute Gasteiger partial charge is 0.369 e. The van der Waals surface area contributed by atoms with Crippen LogP contribution in [0.1, 0.15) is 49.5 Å². The Balaban J connectivity index is 1.92. The second kappa shape index (κ2) is 6.61. The molecule has 0 unspecified atom stereocenters. The number of nitrogens with two attached hydrogens (primary N) is 1. The van der Waals surface area contributed by atoms with Crippen LogP contribution in [0.15, 0.2) is 24.3 Å². The van der Waals surface area contributed by atoms with Gasteiger partial charge in [0, 0.05) is 11.5 Å². The quantitative estimate of drug-likeness (QED) is 0.868. The summed E-state index contributed by atoms with van der Waals surface area (Å²) in [6.07, 6.45) is 1.51. The van der Waals surface area contributed by atoms with Crippen LogP contribution in [-0.2, 0) is 10.2 Å². The highest BCUT2D eigenvalue weighted by Crippen LogP contribution is 2.22. The Hall–Kier alpha value is -1.68. The lowest BCUT2D eigenvalue weighted by molar-refractivity contribution is -0.123. The predicted molar refractivity (Wildman–Crippen MR) is 87.8 cm³/mol. The van der Waals surface area contributed by atoms with Crippen molar-refractivity contribution >= 4 is 11.7 Å². The highest BCUT2D eigenvalue weighted by atomic mass is 16.1. The number of carbonyl (C=O) groups is 2. The number of piperidine rings is 1. The van der Waals surface area contributed by atoms with Crippen molar-refractivity contribution in [1.29, 1.82) is 0 Å². The summed E-state index contributed by atoms with van der Waals surface area (Å²) in [5.41, 5.74) is 7.41. The number of Topliss-reactive ketones (excluding diaryl/α,β-unsaturated/α-hetero) is 1. The molecule has 0 aromatic heterocycles. The van der Waals surface area contributed by atoms with Gasteiger partial charge in [-0.1, -0.05) is 45.0 Å². The fourth-order valence-electron chi connectivity index (χ4n) is 2.83. The molecule has 4 heteroatoms. The van der Waals surface area contributed by atoms with Gasteiger partial charge >= 0.3 is 0 Å². The first-order valence-corrected chi connectivity index (χ1v) is 7.93. The number of amides is 1. The lowest BCUT2D eigenvalue weighted by atomic mass is 9.86. The highest BCUT2D eigenvalue weighted by Gasteiger charge is 2.24. The van der Waals surface area contributed by atoms with Gasteiger partial charge < -0.3 is 5.73 Å². The van der Waals surface area contributed by atoms with Gasteiger partial charge in [-0.15, -0.1) is 0 Å². The molecule has 4 nitrogen and oxygen atoms in total. The summed E-state index contributed by atoms with van der Waals surface area (Å²) in [6, 6.07) is 7.90. The minimum absolute atomic E-state index is 0.0302. The van der Waals surface area contributed by atoms with Crippen LogP contribution in [-0.4, -0.2) is 36.2 Å². The van der Waals surface area contributed by atoms with E-state index in [9.17, 15) is 9.59 Å². The molecule has 0 aliphatic carbocycles. The first-order chi connectivity index (χ1) is 10.3. The molecule has 1 amide bonds. The maximum Gasteiger partial charge on any atom is 0.220 e. The maximum atomic E-state index is 12.4. The van der Waals surface area contributed by atoms with Crippen molar-refractivity contribution in [2.24, 2.45) is 11.7 Å². The maximum absolute atomic E-state index is 12.4. The molecule has 1 heterocycles. The van der Waals surface area contributed by atoms with E-state index in [0.717, 1.165) is 31.5 Å². The van der Waals surface area contributed by atoms with Crippen molar-refractivity contribution in [2.75, 3.05) is 19.6 Å². The Morgan fingerprint density at radius 3 is 2.14 bits per heavy atom. The minimum atomic E-state index is -0.219. The van der Waals surface area contributed by atoms with Crippen LogP contribution in [0.4, 0.5) is 0 Å². The first kappa shape index (κ1) is 16.7. The fourth-order valence-corrected chi connectivity index (χ4v) is 2.83. The zero-order valence-corrected chi connectivity index (χ0v) is 13.8. The van der Waals surface area contributed by atoms with E-state index in [0.29, 0.717) is 6.54 Å². The summed E-state index contributed by atoms with van der Waals surface area (Å²) in [5.74, 6) is -0.112. The van der Waals surface area contributed by atoms with Crippen LogP contribution in [0.25, 0.3) is 0 Å².